The van der Waals surface area contributed by atoms with Crippen LogP contribution in [0.15, 0.2) is 18.3 Å². The first-order valence-corrected chi connectivity index (χ1v) is 3.12. The fourth-order valence-corrected chi connectivity index (χ4v) is 0.686. The predicted octanol–water partition coefficient (Wildman–Crippen LogP) is 1.34. The van der Waals surface area contributed by atoms with Crippen molar-refractivity contribution in [1.29, 1.82) is 5.26 Å². The molecule has 0 aliphatic carbocycles. The number of nitriles is 1. The summed E-state index contributed by atoms with van der Waals surface area (Å²) in [5.41, 5.74) is 0. The van der Waals surface area contributed by atoms with E-state index in [1.54, 1.807) is 6.92 Å². The fourth-order valence-electron chi connectivity index (χ4n) is 0.686. The third-order valence-corrected chi connectivity index (χ3v) is 1.16. The summed E-state index contributed by atoms with van der Waals surface area (Å²) in [5, 5.41) is 11.4. The van der Waals surface area contributed by atoms with Crippen LogP contribution in [0.1, 0.15) is 6.92 Å². The Morgan fingerprint density at radius 2 is 2.60 bits per heavy atom. The largest absolute Gasteiger partial charge is 0.356 e. The third kappa shape index (κ3) is 1.52. The molecule has 0 aliphatic rings. The van der Waals surface area contributed by atoms with Crippen LogP contribution in [0.25, 0.3) is 0 Å². The topological polar surface area (TPSA) is 51.6 Å². The normalized spacial score (nSPS) is 12.0. The van der Waals surface area contributed by atoms with Gasteiger partial charge in [0.25, 0.3) is 0 Å². The third-order valence-electron chi connectivity index (χ3n) is 1.16. The first-order valence-electron chi connectivity index (χ1n) is 3.12. The number of nitrogens with one attached hydrogen (secondary N) is 2. The Balaban J connectivity index is 2.50. The number of aromatic nitrogens is 1. The highest BCUT2D eigenvalue weighted by Gasteiger charge is 1.96. The molecule has 10 heavy (non-hydrogen) atoms. The Hall–Kier alpha value is -1.43. The van der Waals surface area contributed by atoms with E-state index in [4.69, 9.17) is 5.26 Å². The Labute approximate surface area is 59.7 Å². The van der Waals surface area contributed by atoms with Gasteiger partial charge in [-0.1, -0.05) is 0 Å². The Morgan fingerprint density at radius 3 is 3.10 bits per heavy atom. The number of rotatable bonds is 2. The van der Waals surface area contributed by atoms with Crippen LogP contribution < -0.4 is 5.32 Å². The summed E-state index contributed by atoms with van der Waals surface area (Å²) in [7, 11) is 0. The lowest BCUT2D eigenvalue weighted by Crippen LogP contribution is -2.11. The molecule has 0 aliphatic heterocycles. The van der Waals surface area contributed by atoms with Gasteiger partial charge in [0, 0.05) is 6.20 Å². The molecule has 2 N–H and O–H groups in total. The van der Waals surface area contributed by atoms with E-state index in [1.165, 1.54) is 0 Å². The van der Waals surface area contributed by atoms with Gasteiger partial charge in [-0.25, -0.2) is 0 Å². The zero-order chi connectivity index (χ0) is 7.40. The van der Waals surface area contributed by atoms with E-state index in [2.05, 4.69) is 16.4 Å². The molecule has 0 fully saturated rings. The van der Waals surface area contributed by atoms with Gasteiger partial charge in [-0.15, -0.1) is 0 Å². The second kappa shape index (κ2) is 2.92. The highest BCUT2D eigenvalue weighted by molar-refractivity contribution is 5.36. The standard InChI is InChI=1S/C7H9N3/c1-6(5-8)10-7-3-2-4-9-7/h2-4,6,9-10H,1H3. The Bertz CT molecular complexity index is 219. The number of nitrogens with zero attached hydrogens (tertiary/aromatic N) is 1. The van der Waals surface area contributed by atoms with E-state index < -0.39 is 0 Å². The molecule has 0 radical (unpaired) electrons. The van der Waals surface area contributed by atoms with Crippen molar-refractivity contribution in [2.45, 2.75) is 13.0 Å². The minimum absolute atomic E-state index is 0.140. The van der Waals surface area contributed by atoms with Crippen molar-refractivity contribution in [3.05, 3.63) is 18.3 Å². The number of hydrogen-bond donors (Lipinski definition) is 2. The lowest BCUT2D eigenvalue weighted by atomic mass is 10.4. The summed E-state index contributed by atoms with van der Waals surface area (Å²) in [4.78, 5) is 2.94. The number of H-pyrrole nitrogens is 1. The van der Waals surface area contributed by atoms with Gasteiger partial charge in [-0.3, -0.25) is 0 Å². The van der Waals surface area contributed by atoms with Crippen molar-refractivity contribution in [3.63, 3.8) is 0 Å². The van der Waals surface area contributed by atoms with Crippen LogP contribution in [-0.2, 0) is 0 Å². The molecule has 0 saturated heterocycles. The maximum Gasteiger partial charge on any atom is 0.112 e. The van der Waals surface area contributed by atoms with E-state index in [0.29, 0.717) is 0 Å². The van der Waals surface area contributed by atoms with Crippen molar-refractivity contribution in [3.8, 4) is 6.07 Å². The lowest BCUT2D eigenvalue weighted by Gasteiger charge is -2.02. The highest BCUT2D eigenvalue weighted by Crippen LogP contribution is 2.01. The van der Waals surface area contributed by atoms with Gasteiger partial charge < -0.3 is 10.3 Å². The van der Waals surface area contributed by atoms with Gasteiger partial charge in [0.1, 0.15) is 11.9 Å². The van der Waals surface area contributed by atoms with Crippen LogP contribution >= 0.6 is 0 Å². The minimum atomic E-state index is -0.140. The van der Waals surface area contributed by atoms with Gasteiger partial charge in [0.2, 0.25) is 0 Å². The summed E-state index contributed by atoms with van der Waals surface area (Å²) < 4.78 is 0. The van der Waals surface area contributed by atoms with Crippen molar-refractivity contribution in [1.82, 2.24) is 4.98 Å². The van der Waals surface area contributed by atoms with Crippen LogP contribution in [-0.4, -0.2) is 11.0 Å². The molecule has 0 spiro atoms. The summed E-state index contributed by atoms with van der Waals surface area (Å²) >= 11 is 0. The molecule has 1 aromatic heterocycles. The molecule has 1 aromatic rings. The fraction of sp³-hybridized carbons (Fsp3) is 0.286. The van der Waals surface area contributed by atoms with Crippen molar-refractivity contribution < 1.29 is 0 Å². The molecule has 0 amide bonds. The van der Waals surface area contributed by atoms with Crippen LogP contribution in [0.2, 0.25) is 0 Å². The first kappa shape index (κ1) is 6.69. The Kier molecular flexibility index (Phi) is 1.96. The van der Waals surface area contributed by atoms with E-state index in [1.807, 2.05) is 18.3 Å². The average molecular weight is 135 g/mol. The van der Waals surface area contributed by atoms with E-state index in [0.717, 1.165) is 5.82 Å². The van der Waals surface area contributed by atoms with E-state index in [-0.39, 0.29) is 6.04 Å². The molecule has 52 valence electrons. The smallest absolute Gasteiger partial charge is 0.112 e. The SMILES string of the molecule is CC(C#N)Nc1ccc[nH]1. The van der Waals surface area contributed by atoms with Gasteiger partial charge in [0.05, 0.1) is 6.07 Å². The summed E-state index contributed by atoms with van der Waals surface area (Å²) in [6, 6.07) is 5.70. The summed E-state index contributed by atoms with van der Waals surface area (Å²) in [5.74, 6) is 0.883. The van der Waals surface area contributed by atoms with Crippen molar-refractivity contribution >= 4 is 5.82 Å². The highest BCUT2D eigenvalue weighted by atomic mass is 15.0. The maximum absolute atomic E-state index is 8.41. The predicted molar refractivity (Wildman–Crippen MR) is 39.5 cm³/mol. The van der Waals surface area contributed by atoms with Crippen LogP contribution in [0.5, 0.6) is 0 Å². The molecule has 1 unspecified atom stereocenters. The summed E-state index contributed by atoms with van der Waals surface area (Å²) in [6.07, 6.45) is 1.81. The maximum atomic E-state index is 8.41. The number of anilines is 1. The molecule has 0 aromatic carbocycles. The van der Waals surface area contributed by atoms with E-state index in [9.17, 15) is 0 Å². The van der Waals surface area contributed by atoms with Crippen LogP contribution in [0.4, 0.5) is 5.82 Å². The van der Waals surface area contributed by atoms with Gasteiger partial charge in [-0.2, -0.15) is 5.26 Å². The van der Waals surface area contributed by atoms with Crippen LogP contribution in [0.3, 0.4) is 0 Å². The molecule has 1 heterocycles. The van der Waals surface area contributed by atoms with Crippen molar-refractivity contribution in [2.24, 2.45) is 0 Å². The van der Waals surface area contributed by atoms with E-state index >= 15 is 0 Å². The molecular weight excluding hydrogens is 126 g/mol. The van der Waals surface area contributed by atoms with Crippen LogP contribution in [0, 0.1) is 11.3 Å². The molecule has 0 bridgehead atoms. The zero-order valence-corrected chi connectivity index (χ0v) is 5.76. The van der Waals surface area contributed by atoms with Gasteiger partial charge in [0.15, 0.2) is 0 Å². The first-order chi connectivity index (χ1) is 4.83. The number of hydrogen-bond acceptors (Lipinski definition) is 2. The quantitative estimate of drug-likeness (QED) is 0.642. The minimum Gasteiger partial charge on any atom is -0.356 e. The number of aromatic amines is 1. The van der Waals surface area contributed by atoms with Crippen molar-refractivity contribution in [2.75, 3.05) is 5.32 Å². The molecule has 1 rings (SSSR count). The Morgan fingerprint density at radius 1 is 1.80 bits per heavy atom. The second-order valence-corrected chi connectivity index (χ2v) is 2.08. The lowest BCUT2D eigenvalue weighted by molar-refractivity contribution is 0.998. The van der Waals surface area contributed by atoms with Gasteiger partial charge in [-0.05, 0) is 19.1 Å². The molecule has 1 atom stereocenters. The summed E-state index contributed by atoms with van der Waals surface area (Å²) in [6.45, 7) is 1.81. The average Bonchev–Trinajstić information content (AvgIpc) is 2.40. The monoisotopic (exact) mass is 135 g/mol. The molecule has 0 saturated carbocycles. The molecular formula is C7H9N3. The van der Waals surface area contributed by atoms with Gasteiger partial charge >= 0.3 is 0 Å². The zero-order valence-electron chi connectivity index (χ0n) is 5.76. The molecule has 3 heteroatoms. The second-order valence-electron chi connectivity index (χ2n) is 2.08. The molecule has 3 nitrogen and oxygen atoms in total.